The fraction of sp³-hybridized carbons (Fsp3) is 0.133. The van der Waals surface area contributed by atoms with Crippen molar-refractivity contribution in [1.29, 1.82) is 0 Å². The first-order valence-electron chi connectivity index (χ1n) is 11.0. The summed E-state index contributed by atoms with van der Waals surface area (Å²) in [6.07, 6.45) is 0. The van der Waals surface area contributed by atoms with E-state index in [-0.39, 0.29) is 5.41 Å². The van der Waals surface area contributed by atoms with Crippen LogP contribution in [0.2, 0.25) is 0 Å². The molecule has 0 atom stereocenters. The van der Waals surface area contributed by atoms with E-state index in [1.165, 1.54) is 48.7 Å². The van der Waals surface area contributed by atoms with Crippen molar-refractivity contribution in [3.63, 3.8) is 0 Å². The lowest BCUT2D eigenvalue weighted by molar-refractivity contribution is 0.489. The highest BCUT2D eigenvalue weighted by Crippen LogP contribution is 2.48. The van der Waals surface area contributed by atoms with Gasteiger partial charge in [0.25, 0.3) is 0 Å². The summed E-state index contributed by atoms with van der Waals surface area (Å²) in [7, 11) is 0. The van der Waals surface area contributed by atoms with Crippen molar-refractivity contribution in [2.24, 2.45) is 0 Å². The largest absolute Gasteiger partial charge is 0.457 e. The van der Waals surface area contributed by atoms with Crippen molar-refractivity contribution in [2.45, 2.75) is 26.2 Å². The molecule has 0 heterocycles. The van der Waals surface area contributed by atoms with Crippen molar-refractivity contribution in [2.75, 3.05) is 0 Å². The summed E-state index contributed by atoms with van der Waals surface area (Å²) in [6.45, 7) is 6.89. The number of hydrogen-bond acceptors (Lipinski definition) is 1. The second-order valence-electron chi connectivity index (χ2n) is 9.51. The molecule has 0 spiro atoms. The van der Waals surface area contributed by atoms with E-state index in [1.54, 1.807) is 0 Å². The van der Waals surface area contributed by atoms with E-state index in [2.05, 4.69) is 91.3 Å². The molecule has 0 amide bonds. The molecule has 6 aromatic rings. The summed E-state index contributed by atoms with van der Waals surface area (Å²) >= 11 is 3.79. The number of ether oxygens (including phenoxy) is 1. The van der Waals surface area contributed by atoms with E-state index in [4.69, 9.17) is 4.74 Å². The van der Waals surface area contributed by atoms with E-state index in [0.29, 0.717) is 0 Å². The van der Waals surface area contributed by atoms with Gasteiger partial charge in [0.05, 0.1) is 0 Å². The maximum atomic E-state index is 6.49. The minimum absolute atomic E-state index is 0.0166. The lowest BCUT2D eigenvalue weighted by Crippen LogP contribution is -2.12. The molecule has 0 N–H and O–H groups in total. The molecule has 0 aromatic heterocycles. The Morgan fingerprint density at radius 3 is 2.09 bits per heavy atom. The van der Waals surface area contributed by atoms with Gasteiger partial charge in [0, 0.05) is 15.2 Å². The fourth-order valence-corrected chi connectivity index (χ4v) is 5.52. The van der Waals surface area contributed by atoms with Gasteiger partial charge in [-0.15, -0.1) is 0 Å². The van der Waals surface area contributed by atoms with E-state index in [1.807, 2.05) is 30.3 Å². The molecule has 0 bridgehead atoms. The van der Waals surface area contributed by atoms with Crippen LogP contribution in [0.5, 0.6) is 11.5 Å². The van der Waals surface area contributed by atoms with E-state index in [9.17, 15) is 0 Å². The Kier molecular flexibility index (Phi) is 4.25. The highest BCUT2D eigenvalue weighted by atomic mass is 79.9. The van der Waals surface area contributed by atoms with Gasteiger partial charge in [0.15, 0.2) is 0 Å². The van der Waals surface area contributed by atoms with Gasteiger partial charge in [0.1, 0.15) is 11.5 Å². The lowest BCUT2D eigenvalue weighted by Gasteiger charge is -2.25. The quantitative estimate of drug-likeness (QED) is 0.177. The van der Waals surface area contributed by atoms with Gasteiger partial charge in [-0.25, -0.2) is 0 Å². The zero-order valence-corrected chi connectivity index (χ0v) is 20.0. The maximum Gasteiger partial charge on any atom is 0.135 e. The molecule has 0 aliphatic heterocycles. The lowest BCUT2D eigenvalue weighted by atomic mass is 9.79. The van der Waals surface area contributed by atoms with Gasteiger partial charge in [-0.2, -0.15) is 0 Å². The predicted molar refractivity (Wildman–Crippen MR) is 141 cm³/mol. The Bertz CT molecular complexity index is 1620. The molecule has 0 aliphatic rings. The Hall–Kier alpha value is -3.10. The average molecular weight is 479 g/mol. The van der Waals surface area contributed by atoms with Crippen LogP contribution in [-0.4, -0.2) is 0 Å². The van der Waals surface area contributed by atoms with Gasteiger partial charge < -0.3 is 4.74 Å². The maximum absolute atomic E-state index is 6.49. The second kappa shape index (κ2) is 6.95. The Balaban J connectivity index is 1.88. The SMILES string of the molecule is CC(C)(C)c1ccc2ccc(Oc3ccccc3)c3c4cccc5c(Br)ccc(c1c23)c54. The third-order valence-electron chi connectivity index (χ3n) is 6.45. The summed E-state index contributed by atoms with van der Waals surface area (Å²) in [5, 5.41) is 10.1. The zero-order valence-electron chi connectivity index (χ0n) is 18.4. The molecule has 156 valence electrons. The van der Waals surface area contributed by atoms with Crippen molar-refractivity contribution in [1.82, 2.24) is 0 Å². The normalized spacial score (nSPS) is 12.4. The topological polar surface area (TPSA) is 9.23 Å². The molecule has 0 saturated heterocycles. The first kappa shape index (κ1) is 19.6. The highest BCUT2D eigenvalue weighted by Gasteiger charge is 2.24. The molecule has 0 unspecified atom stereocenters. The van der Waals surface area contributed by atoms with Crippen LogP contribution in [0.1, 0.15) is 26.3 Å². The van der Waals surface area contributed by atoms with Crippen molar-refractivity contribution >= 4 is 59.0 Å². The van der Waals surface area contributed by atoms with Crippen LogP contribution in [0.3, 0.4) is 0 Å². The third-order valence-corrected chi connectivity index (χ3v) is 7.14. The summed E-state index contributed by atoms with van der Waals surface area (Å²) < 4.78 is 7.61. The molecule has 0 aliphatic carbocycles. The zero-order chi connectivity index (χ0) is 22.0. The number of para-hydroxylation sites is 1. The smallest absolute Gasteiger partial charge is 0.135 e. The number of rotatable bonds is 2. The molecule has 0 saturated carbocycles. The third kappa shape index (κ3) is 2.83. The molecule has 2 heteroatoms. The molecule has 32 heavy (non-hydrogen) atoms. The number of fused-ring (bicyclic) bond motifs is 2. The van der Waals surface area contributed by atoms with Crippen LogP contribution in [0.25, 0.3) is 43.1 Å². The predicted octanol–water partition coefficient (Wildman–Crippen LogP) is 9.59. The van der Waals surface area contributed by atoms with Gasteiger partial charge >= 0.3 is 0 Å². The average Bonchev–Trinajstić information content (AvgIpc) is 2.79. The highest BCUT2D eigenvalue weighted by molar-refractivity contribution is 9.10. The molecule has 0 fully saturated rings. The van der Waals surface area contributed by atoms with Gasteiger partial charge in [-0.1, -0.05) is 97.4 Å². The van der Waals surface area contributed by atoms with Gasteiger partial charge in [0.2, 0.25) is 0 Å². The Morgan fingerprint density at radius 1 is 0.594 bits per heavy atom. The Labute approximate surface area is 196 Å². The molecule has 6 rings (SSSR count). The van der Waals surface area contributed by atoms with E-state index >= 15 is 0 Å². The van der Waals surface area contributed by atoms with E-state index < -0.39 is 0 Å². The van der Waals surface area contributed by atoms with Crippen LogP contribution < -0.4 is 4.74 Å². The van der Waals surface area contributed by atoms with Crippen molar-refractivity contribution in [3.05, 3.63) is 95.0 Å². The van der Waals surface area contributed by atoms with E-state index in [0.717, 1.165) is 16.0 Å². The first-order valence-corrected chi connectivity index (χ1v) is 11.8. The summed E-state index contributed by atoms with van der Waals surface area (Å²) in [4.78, 5) is 0. The second-order valence-corrected chi connectivity index (χ2v) is 10.4. The number of halogens is 1. The van der Waals surface area contributed by atoms with Crippen LogP contribution >= 0.6 is 15.9 Å². The van der Waals surface area contributed by atoms with Crippen LogP contribution in [-0.2, 0) is 5.41 Å². The molecule has 1 nitrogen and oxygen atoms in total. The van der Waals surface area contributed by atoms with Gasteiger partial charge in [-0.05, 0) is 67.6 Å². The van der Waals surface area contributed by atoms with Crippen molar-refractivity contribution in [3.8, 4) is 11.5 Å². The standard InChI is InChI=1S/C30H23BrO/c1-30(2,3)23-15-12-18-13-17-25(32-19-8-5-4-6-9-19)29-21-11-7-10-20-24(31)16-14-22(27(20)21)28(23)26(18)29/h4-17H,1-3H3. The monoisotopic (exact) mass is 478 g/mol. The van der Waals surface area contributed by atoms with Crippen LogP contribution in [0.4, 0.5) is 0 Å². The van der Waals surface area contributed by atoms with Crippen molar-refractivity contribution < 1.29 is 4.74 Å². The fourth-order valence-electron chi connectivity index (χ4n) is 5.06. The molecular formula is C30H23BrO. The Morgan fingerprint density at radius 2 is 1.31 bits per heavy atom. The first-order chi connectivity index (χ1) is 15.4. The van der Waals surface area contributed by atoms with Gasteiger partial charge in [-0.3, -0.25) is 0 Å². The summed E-state index contributed by atoms with van der Waals surface area (Å²) in [5.41, 5.74) is 1.38. The molecule has 0 radical (unpaired) electrons. The van der Waals surface area contributed by atoms with Crippen LogP contribution in [0.15, 0.2) is 89.4 Å². The van der Waals surface area contributed by atoms with Crippen LogP contribution in [0, 0.1) is 0 Å². The minimum atomic E-state index is 0.0166. The molecular weight excluding hydrogens is 456 g/mol. The number of benzene rings is 6. The summed E-state index contributed by atoms with van der Waals surface area (Å²) in [6, 6.07) is 30.0. The molecule has 6 aromatic carbocycles. The number of hydrogen-bond donors (Lipinski definition) is 0. The minimum Gasteiger partial charge on any atom is -0.457 e. The summed E-state index contributed by atoms with van der Waals surface area (Å²) in [5.74, 6) is 1.75.